The highest BCUT2D eigenvalue weighted by atomic mass is 32.1. The van der Waals surface area contributed by atoms with Crippen molar-refractivity contribution in [2.24, 2.45) is 0 Å². The summed E-state index contributed by atoms with van der Waals surface area (Å²) in [6, 6.07) is 9.85. The minimum absolute atomic E-state index is 0.00653. The predicted octanol–water partition coefficient (Wildman–Crippen LogP) is 2.29. The topological polar surface area (TPSA) is 91.0 Å². The van der Waals surface area contributed by atoms with E-state index in [-0.39, 0.29) is 24.3 Å². The first-order valence-corrected chi connectivity index (χ1v) is 12.6. The Bertz CT molecular complexity index is 1020. The largest absolute Gasteiger partial charge is 0.465 e. The van der Waals surface area contributed by atoms with Crippen LogP contribution in [0.1, 0.15) is 39.2 Å². The summed E-state index contributed by atoms with van der Waals surface area (Å²) in [6.07, 6.45) is 3.96. The maximum absolute atomic E-state index is 12.8. The second-order valence-corrected chi connectivity index (χ2v) is 9.87. The van der Waals surface area contributed by atoms with E-state index < -0.39 is 0 Å². The molecule has 1 saturated heterocycles. The van der Waals surface area contributed by atoms with Gasteiger partial charge in [-0.15, -0.1) is 11.3 Å². The number of piperazine rings is 1. The van der Waals surface area contributed by atoms with Crippen LogP contribution in [0.3, 0.4) is 0 Å². The average molecular weight is 485 g/mol. The maximum atomic E-state index is 12.8. The zero-order valence-corrected chi connectivity index (χ0v) is 20.4. The maximum Gasteiger partial charge on any atom is 0.341 e. The zero-order valence-electron chi connectivity index (χ0n) is 19.6. The van der Waals surface area contributed by atoms with Gasteiger partial charge < -0.3 is 15.4 Å². The molecular formula is C25H32N4O4S. The van der Waals surface area contributed by atoms with E-state index >= 15 is 0 Å². The normalized spacial score (nSPS) is 16.5. The molecule has 1 aromatic carbocycles. The Kier molecular flexibility index (Phi) is 8.31. The van der Waals surface area contributed by atoms with E-state index in [2.05, 4.69) is 20.4 Å². The van der Waals surface area contributed by atoms with E-state index in [1.54, 1.807) is 0 Å². The van der Waals surface area contributed by atoms with Gasteiger partial charge >= 0.3 is 5.97 Å². The quantitative estimate of drug-likeness (QED) is 0.559. The Morgan fingerprint density at radius 1 is 0.941 bits per heavy atom. The molecule has 0 spiro atoms. The molecule has 0 radical (unpaired) electrons. The fourth-order valence-electron chi connectivity index (χ4n) is 4.50. The number of amides is 2. The monoisotopic (exact) mass is 484 g/mol. The van der Waals surface area contributed by atoms with Crippen LogP contribution in [-0.4, -0.2) is 74.0 Å². The second-order valence-electron chi connectivity index (χ2n) is 8.77. The summed E-state index contributed by atoms with van der Waals surface area (Å²) < 4.78 is 4.99. The number of fused-ring (bicyclic) bond motifs is 1. The lowest BCUT2D eigenvalue weighted by Gasteiger charge is -2.33. The fraction of sp³-hybridized carbons (Fsp3) is 0.480. The molecule has 0 saturated carbocycles. The SMILES string of the molecule is COC(=O)c1c(NC(=O)CN2CCN(CC(=O)NCc3ccccc3)CC2)sc2c1CCCC2. The standard InChI is InChI=1S/C25H32N4O4S/c1-33-25(32)23-19-9-5-6-10-20(19)34-24(23)27-22(31)17-29-13-11-28(12-14-29)16-21(30)26-15-18-7-3-2-4-8-18/h2-4,7-8H,5-6,9-17H2,1H3,(H,26,30)(H,27,31). The zero-order chi connectivity index (χ0) is 23.9. The number of esters is 1. The van der Waals surface area contributed by atoms with Gasteiger partial charge in [0, 0.05) is 37.6 Å². The molecule has 0 atom stereocenters. The van der Waals surface area contributed by atoms with Gasteiger partial charge in [0.15, 0.2) is 0 Å². The van der Waals surface area contributed by atoms with Gasteiger partial charge in [0.2, 0.25) is 11.8 Å². The molecule has 2 heterocycles. The van der Waals surface area contributed by atoms with Crippen LogP contribution in [0.2, 0.25) is 0 Å². The van der Waals surface area contributed by atoms with Crippen molar-refractivity contribution in [3.05, 3.63) is 51.9 Å². The number of methoxy groups -OCH3 is 1. The molecular weight excluding hydrogens is 452 g/mol. The number of hydrogen-bond donors (Lipinski definition) is 2. The van der Waals surface area contributed by atoms with Gasteiger partial charge in [0.05, 0.1) is 25.8 Å². The number of thiophene rings is 1. The highest BCUT2D eigenvalue weighted by molar-refractivity contribution is 7.17. The highest BCUT2D eigenvalue weighted by Crippen LogP contribution is 2.38. The van der Waals surface area contributed by atoms with Gasteiger partial charge in [-0.2, -0.15) is 0 Å². The first-order valence-electron chi connectivity index (χ1n) is 11.8. The summed E-state index contributed by atoms with van der Waals surface area (Å²) in [5, 5.41) is 6.54. The van der Waals surface area contributed by atoms with Crippen molar-refractivity contribution in [2.75, 3.05) is 51.7 Å². The van der Waals surface area contributed by atoms with E-state index in [4.69, 9.17) is 4.74 Å². The lowest BCUT2D eigenvalue weighted by atomic mass is 9.95. The molecule has 2 aromatic rings. The van der Waals surface area contributed by atoms with E-state index in [0.29, 0.717) is 36.7 Å². The van der Waals surface area contributed by atoms with Crippen molar-refractivity contribution in [3.63, 3.8) is 0 Å². The Hall–Kier alpha value is -2.75. The van der Waals surface area contributed by atoms with Gasteiger partial charge in [-0.3, -0.25) is 19.4 Å². The fourth-order valence-corrected chi connectivity index (χ4v) is 5.80. The van der Waals surface area contributed by atoms with Crippen LogP contribution < -0.4 is 10.6 Å². The summed E-state index contributed by atoms with van der Waals surface area (Å²) in [7, 11) is 1.38. The third-order valence-electron chi connectivity index (χ3n) is 6.35. The first kappa shape index (κ1) is 24.4. The number of benzene rings is 1. The van der Waals surface area contributed by atoms with Crippen LogP contribution >= 0.6 is 11.3 Å². The molecule has 182 valence electrons. The number of anilines is 1. The van der Waals surface area contributed by atoms with Crippen LogP contribution in [0.5, 0.6) is 0 Å². The van der Waals surface area contributed by atoms with E-state index in [1.807, 2.05) is 30.3 Å². The van der Waals surface area contributed by atoms with Gasteiger partial charge in [0.1, 0.15) is 5.00 Å². The predicted molar refractivity (Wildman–Crippen MR) is 132 cm³/mol. The summed E-state index contributed by atoms with van der Waals surface area (Å²) >= 11 is 1.50. The Labute approximate surface area is 204 Å². The molecule has 8 nitrogen and oxygen atoms in total. The number of hydrogen-bond acceptors (Lipinski definition) is 7. The Morgan fingerprint density at radius 3 is 2.26 bits per heavy atom. The Morgan fingerprint density at radius 2 is 1.59 bits per heavy atom. The summed E-state index contributed by atoms with van der Waals surface area (Å²) in [5.74, 6) is -0.501. The minimum Gasteiger partial charge on any atom is -0.465 e. The summed E-state index contributed by atoms with van der Waals surface area (Å²) in [6.45, 7) is 4.03. The number of carbonyl (C=O) groups is 3. The molecule has 1 fully saturated rings. The average Bonchev–Trinajstić information content (AvgIpc) is 3.21. The molecule has 34 heavy (non-hydrogen) atoms. The molecule has 2 N–H and O–H groups in total. The van der Waals surface area contributed by atoms with Gasteiger partial charge in [-0.1, -0.05) is 30.3 Å². The van der Waals surface area contributed by atoms with E-state index in [0.717, 1.165) is 49.9 Å². The first-order chi connectivity index (χ1) is 16.5. The molecule has 2 aliphatic rings. The number of aryl methyl sites for hydroxylation is 1. The third-order valence-corrected chi connectivity index (χ3v) is 7.55. The molecule has 1 aromatic heterocycles. The molecule has 0 unspecified atom stereocenters. The van der Waals surface area contributed by atoms with Crippen molar-refractivity contribution in [1.82, 2.24) is 15.1 Å². The lowest BCUT2D eigenvalue weighted by Crippen LogP contribution is -2.50. The smallest absolute Gasteiger partial charge is 0.341 e. The van der Waals surface area contributed by atoms with Crippen molar-refractivity contribution in [2.45, 2.75) is 32.2 Å². The highest BCUT2D eigenvalue weighted by Gasteiger charge is 2.27. The lowest BCUT2D eigenvalue weighted by molar-refractivity contribution is -0.123. The molecule has 0 bridgehead atoms. The van der Waals surface area contributed by atoms with E-state index in [1.165, 1.54) is 23.3 Å². The number of carbonyl (C=O) groups excluding carboxylic acids is 3. The summed E-state index contributed by atoms with van der Waals surface area (Å²) in [4.78, 5) is 42.8. The number of nitrogens with one attached hydrogen (secondary N) is 2. The van der Waals surface area contributed by atoms with Crippen molar-refractivity contribution in [3.8, 4) is 0 Å². The van der Waals surface area contributed by atoms with Gasteiger partial charge in [0.25, 0.3) is 0 Å². The Balaban J connectivity index is 1.23. The minimum atomic E-state index is -0.381. The van der Waals surface area contributed by atoms with Crippen LogP contribution in [0, 0.1) is 0 Å². The van der Waals surface area contributed by atoms with Crippen molar-refractivity contribution >= 4 is 34.1 Å². The summed E-state index contributed by atoms with van der Waals surface area (Å²) in [5.41, 5.74) is 2.65. The third kappa shape index (κ3) is 6.22. The number of rotatable bonds is 8. The number of nitrogens with zero attached hydrogens (tertiary/aromatic N) is 2. The van der Waals surface area contributed by atoms with Gasteiger partial charge in [-0.25, -0.2) is 4.79 Å². The number of ether oxygens (including phenoxy) is 1. The van der Waals surface area contributed by atoms with Crippen LogP contribution in [0.25, 0.3) is 0 Å². The van der Waals surface area contributed by atoms with Crippen LogP contribution in [0.15, 0.2) is 30.3 Å². The van der Waals surface area contributed by atoms with Crippen LogP contribution in [0.4, 0.5) is 5.00 Å². The van der Waals surface area contributed by atoms with Crippen LogP contribution in [-0.2, 0) is 33.7 Å². The van der Waals surface area contributed by atoms with Crippen molar-refractivity contribution in [1.29, 1.82) is 0 Å². The van der Waals surface area contributed by atoms with Gasteiger partial charge in [-0.05, 0) is 36.8 Å². The molecule has 2 amide bonds. The van der Waals surface area contributed by atoms with E-state index in [9.17, 15) is 14.4 Å². The molecule has 9 heteroatoms. The second kappa shape index (κ2) is 11.6. The molecule has 1 aliphatic carbocycles. The molecule has 4 rings (SSSR count). The van der Waals surface area contributed by atoms with Crippen molar-refractivity contribution < 1.29 is 19.1 Å². The molecule has 1 aliphatic heterocycles.